The Morgan fingerprint density at radius 1 is 0.652 bits per heavy atom. The SMILES string of the molecule is OC[C@H]1O[C@H](SC[C@H]2O[C@H](O)[C@@H](O)[C@@H](O)[C@@H]2O)[C@@H](O)[C@@H](O)[C@@H]1O. The van der Waals surface area contributed by atoms with Crippen molar-refractivity contribution in [3.63, 3.8) is 0 Å². The summed E-state index contributed by atoms with van der Waals surface area (Å²) in [6.07, 6.45) is -12.9. The molecule has 2 aliphatic rings. The van der Waals surface area contributed by atoms with Crippen LogP contribution in [0.3, 0.4) is 0 Å². The third-order valence-corrected chi connectivity index (χ3v) is 5.20. The molecule has 0 unspecified atom stereocenters. The summed E-state index contributed by atoms with van der Waals surface area (Å²) in [6, 6.07) is 0. The molecule has 0 radical (unpaired) electrons. The van der Waals surface area contributed by atoms with Crippen LogP contribution in [0.15, 0.2) is 0 Å². The molecule has 2 rings (SSSR count). The number of ether oxygens (including phenoxy) is 2. The van der Waals surface area contributed by atoms with E-state index in [1.807, 2.05) is 0 Å². The van der Waals surface area contributed by atoms with Crippen LogP contribution in [-0.4, -0.2) is 114 Å². The van der Waals surface area contributed by atoms with E-state index < -0.39 is 67.2 Å². The van der Waals surface area contributed by atoms with Gasteiger partial charge in [-0.25, -0.2) is 0 Å². The highest BCUT2D eigenvalue weighted by atomic mass is 32.2. The highest BCUT2D eigenvalue weighted by Gasteiger charge is 2.46. The Balaban J connectivity index is 1.94. The summed E-state index contributed by atoms with van der Waals surface area (Å²) in [5, 5.41) is 76.6. The van der Waals surface area contributed by atoms with E-state index in [2.05, 4.69) is 0 Å². The quantitative estimate of drug-likeness (QED) is 0.242. The molecular weight excluding hydrogens is 336 g/mol. The number of hydrogen-bond acceptors (Lipinski definition) is 11. The summed E-state index contributed by atoms with van der Waals surface area (Å²) in [5.41, 5.74) is -1.03. The zero-order chi connectivity index (χ0) is 17.3. The molecule has 0 aromatic rings. The van der Waals surface area contributed by atoms with Gasteiger partial charge in [0.25, 0.3) is 0 Å². The van der Waals surface area contributed by atoms with Crippen LogP contribution >= 0.6 is 11.8 Å². The fraction of sp³-hybridized carbons (Fsp3) is 1.00. The second kappa shape index (κ2) is 7.89. The molecule has 10 atom stereocenters. The van der Waals surface area contributed by atoms with Crippen molar-refractivity contribution >= 4 is 11.8 Å². The maximum Gasteiger partial charge on any atom is 0.183 e. The molecule has 136 valence electrons. The van der Waals surface area contributed by atoms with E-state index in [0.717, 1.165) is 11.8 Å². The summed E-state index contributed by atoms with van der Waals surface area (Å²) in [4.78, 5) is 0. The van der Waals surface area contributed by atoms with Crippen LogP contribution in [0.1, 0.15) is 0 Å². The van der Waals surface area contributed by atoms with Gasteiger partial charge in [0.1, 0.15) is 48.2 Å². The van der Waals surface area contributed by atoms with E-state index in [1.54, 1.807) is 0 Å². The molecule has 0 amide bonds. The van der Waals surface area contributed by atoms with E-state index in [4.69, 9.17) is 14.6 Å². The first-order chi connectivity index (χ1) is 10.8. The molecule has 11 heteroatoms. The summed E-state index contributed by atoms with van der Waals surface area (Å²) in [6.45, 7) is -0.561. The molecule has 0 bridgehead atoms. The molecule has 2 saturated heterocycles. The first kappa shape index (κ1) is 19.3. The third kappa shape index (κ3) is 3.96. The molecule has 2 heterocycles. The van der Waals surface area contributed by atoms with Crippen molar-refractivity contribution < 1.29 is 50.3 Å². The highest BCUT2D eigenvalue weighted by molar-refractivity contribution is 7.99. The van der Waals surface area contributed by atoms with Crippen LogP contribution in [0.25, 0.3) is 0 Å². The lowest BCUT2D eigenvalue weighted by Crippen LogP contribution is -2.59. The van der Waals surface area contributed by atoms with Crippen LogP contribution in [0, 0.1) is 0 Å². The van der Waals surface area contributed by atoms with E-state index in [9.17, 15) is 35.7 Å². The van der Waals surface area contributed by atoms with Gasteiger partial charge in [0, 0.05) is 5.75 Å². The van der Waals surface area contributed by atoms with Crippen molar-refractivity contribution in [3.05, 3.63) is 0 Å². The van der Waals surface area contributed by atoms with Crippen molar-refractivity contribution in [1.82, 2.24) is 0 Å². The van der Waals surface area contributed by atoms with Gasteiger partial charge in [-0.15, -0.1) is 11.8 Å². The van der Waals surface area contributed by atoms with Crippen molar-refractivity contribution in [2.45, 2.75) is 60.6 Å². The van der Waals surface area contributed by atoms with Gasteiger partial charge in [-0.1, -0.05) is 0 Å². The van der Waals surface area contributed by atoms with Gasteiger partial charge in [0.05, 0.1) is 12.7 Å². The molecule has 0 aliphatic carbocycles. The average molecular weight is 358 g/mol. The van der Waals surface area contributed by atoms with Crippen LogP contribution in [0.4, 0.5) is 0 Å². The van der Waals surface area contributed by atoms with Gasteiger partial charge in [-0.3, -0.25) is 0 Å². The lowest BCUT2D eigenvalue weighted by Gasteiger charge is -2.41. The molecule has 23 heavy (non-hydrogen) atoms. The predicted molar refractivity (Wildman–Crippen MR) is 75.1 cm³/mol. The fourth-order valence-electron chi connectivity index (χ4n) is 2.46. The molecule has 8 N–H and O–H groups in total. The summed E-state index contributed by atoms with van der Waals surface area (Å²) < 4.78 is 10.3. The van der Waals surface area contributed by atoms with Gasteiger partial charge in [0.15, 0.2) is 6.29 Å². The lowest BCUT2D eigenvalue weighted by molar-refractivity contribution is -0.276. The topological polar surface area (TPSA) is 180 Å². The Labute approximate surface area is 135 Å². The van der Waals surface area contributed by atoms with Crippen molar-refractivity contribution in [1.29, 1.82) is 0 Å². The maximum absolute atomic E-state index is 9.88. The zero-order valence-electron chi connectivity index (χ0n) is 12.0. The smallest absolute Gasteiger partial charge is 0.183 e. The van der Waals surface area contributed by atoms with Gasteiger partial charge in [-0.2, -0.15) is 0 Å². The second-order valence-electron chi connectivity index (χ2n) is 5.57. The molecule has 0 aromatic carbocycles. The summed E-state index contributed by atoms with van der Waals surface area (Å²) in [5.74, 6) is -0.0509. The summed E-state index contributed by atoms with van der Waals surface area (Å²) in [7, 11) is 0. The van der Waals surface area contributed by atoms with Crippen LogP contribution in [0.2, 0.25) is 0 Å². The first-order valence-electron chi connectivity index (χ1n) is 7.07. The average Bonchev–Trinajstić information content (AvgIpc) is 2.54. The minimum absolute atomic E-state index is 0.0509. The van der Waals surface area contributed by atoms with Crippen LogP contribution in [0.5, 0.6) is 0 Å². The molecule has 0 aromatic heterocycles. The largest absolute Gasteiger partial charge is 0.394 e. The van der Waals surface area contributed by atoms with Crippen LogP contribution < -0.4 is 0 Å². The van der Waals surface area contributed by atoms with Gasteiger partial charge in [-0.05, 0) is 0 Å². The number of aliphatic hydroxyl groups is 8. The number of thioether (sulfide) groups is 1. The Bertz CT molecular complexity index is 385. The van der Waals surface area contributed by atoms with E-state index >= 15 is 0 Å². The van der Waals surface area contributed by atoms with Crippen molar-refractivity contribution in [3.8, 4) is 0 Å². The Kier molecular flexibility index (Phi) is 6.61. The van der Waals surface area contributed by atoms with Crippen molar-refractivity contribution in [2.24, 2.45) is 0 Å². The Morgan fingerprint density at radius 3 is 1.83 bits per heavy atom. The van der Waals surface area contributed by atoms with Crippen molar-refractivity contribution in [2.75, 3.05) is 12.4 Å². The number of aliphatic hydroxyl groups excluding tert-OH is 8. The molecule has 0 saturated carbocycles. The standard InChI is InChI=1S/C12H22O10S/c13-1-3-5(14)8(17)10(19)12(22-3)23-2-4-6(15)7(16)9(18)11(20)21-4/h3-20H,1-2H2/t3-,4-,5-,6-,7+,8+,9+,10+,11+,12-/m1/s1. The fourth-order valence-corrected chi connectivity index (χ4v) is 3.70. The number of rotatable bonds is 4. The second-order valence-corrected chi connectivity index (χ2v) is 6.70. The molecule has 0 spiro atoms. The van der Waals surface area contributed by atoms with Gasteiger partial charge < -0.3 is 50.3 Å². The third-order valence-electron chi connectivity index (χ3n) is 3.96. The predicted octanol–water partition coefficient (Wildman–Crippen LogP) is -4.68. The first-order valence-corrected chi connectivity index (χ1v) is 8.12. The maximum atomic E-state index is 9.88. The normalized spacial score (nSPS) is 51.7. The monoisotopic (exact) mass is 358 g/mol. The molecule has 2 aliphatic heterocycles. The molecule has 2 fully saturated rings. The highest BCUT2D eigenvalue weighted by Crippen LogP contribution is 2.31. The minimum atomic E-state index is -1.67. The van der Waals surface area contributed by atoms with Gasteiger partial charge >= 0.3 is 0 Å². The van der Waals surface area contributed by atoms with Crippen LogP contribution in [-0.2, 0) is 9.47 Å². The van der Waals surface area contributed by atoms with E-state index in [0.29, 0.717) is 0 Å². The Hall–Kier alpha value is -0.0500. The summed E-state index contributed by atoms with van der Waals surface area (Å²) >= 11 is 0.903. The zero-order valence-corrected chi connectivity index (χ0v) is 12.8. The number of hydrogen-bond donors (Lipinski definition) is 8. The minimum Gasteiger partial charge on any atom is -0.394 e. The van der Waals surface area contributed by atoms with E-state index in [1.165, 1.54) is 0 Å². The molecular formula is C12H22O10S. The van der Waals surface area contributed by atoms with E-state index in [-0.39, 0.29) is 5.75 Å². The van der Waals surface area contributed by atoms with Gasteiger partial charge in [0.2, 0.25) is 0 Å². The molecule has 10 nitrogen and oxygen atoms in total. The Morgan fingerprint density at radius 2 is 1.22 bits per heavy atom. The lowest BCUT2D eigenvalue weighted by atomic mass is 10.00.